The number of benzene rings is 1. The summed E-state index contributed by atoms with van der Waals surface area (Å²) < 4.78 is 0. The Morgan fingerprint density at radius 1 is 1.31 bits per heavy atom. The number of hydrogen-bond acceptors (Lipinski definition) is 8. The van der Waals surface area contributed by atoms with Gasteiger partial charge in [0.15, 0.2) is 5.13 Å². The van der Waals surface area contributed by atoms with Gasteiger partial charge < -0.3 is 25.9 Å². The first-order chi connectivity index (χ1) is 13.5. The third-order valence-corrected chi connectivity index (χ3v) is 6.58. The van der Waals surface area contributed by atoms with E-state index >= 15 is 0 Å². The van der Waals surface area contributed by atoms with Crippen LogP contribution in [0.3, 0.4) is 0 Å². The molecular formula is C18H15N4NaO4S2. The number of aliphatic carboxylic acids is 1. The summed E-state index contributed by atoms with van der Waals surface area (Å²) in [4.78, 5) is 41.9. The van der Waals surface area contributed by atoms with Gasteiger partial charge in [-0.05, 0) is 11.6 Å². The average molecular weight is 438 g/mol. The van der Waals surface area contributed by atoms with E-state index in [0.717, 1.165) is 5.56 Å². The SMILES string of the molecule is Nc1nc(/C(=C\c2ccccc2)C(=O)NC2C(=O)N3C(C(=O)[O-])CS[C@H]23)cs1.[Na+]. The summed E-state index contributed by atoms with van der Waals surface area (Å²) in [5, 5.41) is 15.4. The van der Waals surface area contributed by atoms with Crippen molar-refractivity contribution in [3.8, 4) is 0 Å². The molecule has 29 heavy (non-hydrogen) atoms. The molecule has 0 bridgehead atoms. The molecule has 0 radical (unpaired) electrons. The van der Waals surface area contributed by atoms with Gasteiger partial charge in [0, 0.05) is 11.1 Å². The molecule has 11 heteroatoms. The molecule has 2 aliphatic heterocycles. The van der Waals surface area contributed by atoms with E-state index in [2.05, 4.69) is 10.3 Å². The Labute approximate surface area is 196 Å². The number of nitrogen functional groups attached to an aromatic ring is 1. The summed E-state index contributed by atoms with van der Waals surface area (Å²) in [5.74, 6) is -1.92. The molecular weight excluding hydrogens is 423 g/mol. The number of hydrogen-bond donors (Lipinski definition) is 2. The third-order valence-electron chi connectivity index (χ3n) is 4.55. The molecule has 3 atom stereocenters. The van der Waals surface area contributed by atoms with E-state index in [0.29, 0.717) is 10.8 Å². The summed E-state index contributed by atoms with van der Waals surface area (Å²) >= 11 is 2.53. The van der Waals surface area contributed by atoms with Crippen molar-refractivity contribution in [2.24, 2.45) is 0 Å². The number of carbonyl (C=O) groups excluding carboxylic acids is 3. The van der Waals surface area contributed by atoms with E-state index in [-0.39, 0.29) is 40.9 Å². The second-order valence-corrected chi connectivity index (χ2v) is 8.33. The quantitative estimate of drug-likeness (QED) is 0.286. The molecule has 0 saturated carbocycles. The number of carboxylic acids is 1. The molecule has 3 N–H and O–H groups in total. The van der Waals surface area contributed by atoms with Gasteiger partial charge >= 0.3 is 29.6 Å². The number of amides is 2. The van der Waals surface area contributed by atoms with Crippen LogP contribution in [0.5, 0.6) is 0 Å². The smallest absolute Gasteiger partial charge is 0.548 e. The zero-order chi connectivity index (χ0) is 19.8. The Kier molecular flexibility index (Phi) is 6.69. The number of fused-ring (bicyclic) bond motifs is 1. The number of aromatic nitrogens is 1. The molecule has 2 saturated heterocycles. The maximum absolute atomic E-state index is 12.9. The molecule has 0 spiro atoms. The van der Waals surface area contributed by atoms with Crippen molar-refractivity contribution in [2.45, 2.75) is 17.5 Å². The van der Waals surface area contributed by atoms with Crippen molar-refractivity contribution in [3.63, 3.8) is 0 Å². The van der Waals surface area contributed by atoms with Crippen LogP contribution in [0.4, 0.5) is 5.13 Å². The van der Waals surface area contributed by atoms with Gasteiger partial charge in [0.05, 0.1) is 23.3 Å². The Morgan fingerprint density at radius 3 is 2.66 bits per heavy atom. The molecule has 1 aromatic heterocycles. The van der Waals surface area contributed by atoms with Gasteiger partial charge in [-0.3, -0.25) is 9.59 Å². The molecule has 144 valence electrons. The van der Waals surface area contributed by atoms with Crippen molar-refractivity contribution in [2.75, 3.05) is 11.5 Å². The average Bonchev–Trinajstić information content (AvgIpc) is 3.29. The fraction of sp³-hybridized carbons (Fsp3) is 0.222. The van der Waals surface area contributed by atoms with Crippen molar-refractivity contribution in [1.82, 2.24) is 15.2 Å². The number of carbonyl (C=O) groups is 3. The fourth-order valence-electron chi connectivity index (χ4n) is 3.18. The van der Waals surface area contributed by atoms with E-state index in [4.69, 9.17) is 5.73 Å². The largest absolute Gasteiger partial charge is 1.00 e. The summed E-state index contributed by atoms with van der Waals surface area (Å²) in [5.41, 5.74) is 7.20. The minimum Gasteiger partial charge on any atom is -0.548 e. The molecule has 1 aromatic carbocycles. The van der Waals surface area contributed by atoms with Gasteiger partial charge in [0.25, 0.3) is 5.91 Å². The summed E-state index contributed by atoms with van der Waals surface area (Å²) in [6.07, 6.45) is 1.68. The van der Waals surface area contributed by atoms with Crippen LogP contribution in [0.25, 0.3) is 11.6 Å². The van der Waals surface area contributed by atoms with Crippen LogP contribution in [-0.4, -0.2) is 50.9 Å². The number of nitrogens with two attached hydrogens (primary N) is 1. The van der Waals surface area contributed by atoms with E-state index in [1.807, 2.05) is 30.3 Å². The molecule has 2 unspecified atom stereocenters. The number of rotatable bonds is 5. The van der Waals surface area contributed by atoms with E-state index < -0.39 is 35.2 Å². The summed E-state index contributed by atoms with van der Waals surface area (Å²) in [6.45, 7) is 0. The number of β-lactam (4-membered cyclic amide) rings is 1. The minimum atomic E-state index is -1.28. The number of nitrogens with one attached hydrogen (secondary N) is 1. The van der Waals surface area contributed by atoms with E-state index in [9.17, 15) is 19.5 Å². The zero-order valence-electron chi connectivity index (χ0n) is 15.4. The monoisotopic (exact) mass is 438 g/mol. The Morgan fingerprint density at radius 2 is 2.03 bits per heavy atom. The molecule has 2 fully saturated rings. The van der Waals surface area contributed by atoms with Crippen LogP contribution in [0, 0.1) is 0 Å². The third kappa shape index (κ3) is 4.22. The fourth-order valence-corrected chi connectivity index (χ4v) is 5.21. The molecule has 8 nitrogen and oxygen atoms in total. The predicted octanol–water partition coefficient (Wildman–Crippen LogP) is -3.21. The van der Waals surface area contributed by atoms with E-state index in [1.54, 1.807) is 11.5 Å². The predicted molar refractivity (Wildman–Crippen MR) is 105 cm³/mol. The molecule has 0 aliphatic carbocycles. The molecule has 2 aliphatic rings. The van der Waals surface area contributed by atoms with Gasteiger partial charge in [-0.2, -0.15) is 0 Å². The van der Waals surface area contributed by atoms with Gasteiger partial charge in [-0.1, -0.05) is 30.3 Å². The van der Waals surface area contributed by atoms with Crippen molar-refractivity contribution in [1.29, 1.82) is 0 Å². The Hall–Kier alpha value is -1.85. The number of anilines is 1. The van der Waals surface area contributed by atoms with Crippen LogP contribution < -0.4 is 45.7 Å². The molecule has 3 heterocycles. The van der Waals surface area contributed by atoms with Crippen LogP contribution in [-0.2, 0) is 14.4 Å². The van der Waals surface area contributed by atoms with Crippen molar-refractivity contribution >= 4 is 57.7 Å². The number of carboxylic acid groups (broad SMARTS) is 1. The summed E-state index contributed by atoms with van der Waals surface area (Å²) in [6, 6.07) is 7.52. The number of nitrogens with zero attached hydrogens (tertiary/aromatic N) is 2. The van der Waals surface area contributed by atoms with Crippen LogP contribution in [0.15, 0.2) is 35.7 Å². The second-order valence-electron chi connectivity index (χ2n) is 6.30. The van der Waals surface area contributed by atoms with E-state index in [1.165, 1.54) is 28.0 Å². The van der Waals surface area contributed by atoms with Crippen LogP contribution >= 0.6 is 23.1 Å². The standard InChI is InChI=1S/C18H16N4O4S2.Na/c19-18-20-11(7-28-18)10(6-9-4-2-1-3-5-9)14(23)21-13-15(24)22-12(17(25)26)8-27-16(13)22;/h1-7,12-13,16H,8H2,(H2,19,20)(H,21,23)(H,25,26);/q;+1/p-1/b10-6+;/t12?,13?,16-;/m1./s1. The Bertz CT molecular complexity index is 981. The maximum atomic E-state index is 12.9. The van der Waals surface area contributed by atoms with Crippen LogP contribution in [0.1, 0.15) is 11.3 Å². The van der Waals surface area contributed by atoms with Crippen molar-refractivity contribution < 1.29 is 49.0 Å². The molecule has 2 amide bonds. The second kappa shape index (κ2) is 8.88. The van der Waals surface area contributed by atoms with Gasteiger partial charge in [-0.25, -0.2) is 4.98 Å². The minimum absolute atomic E-state index is 0. The topological polar surface area (TPSA) is 128 Å². The molecule has 4 rings (SSSR count). The summed E-state index contributed by atoms with van der Waals surface area (Å²) in [7, 11) is 0. The van der Waals surface area contributed by atoms with Crippen LogP contribution in [0.2, 0.25) is 0 Å². The first-order valence-corrected chi connectivity index (χ1v) is 10.3. The maximum Gasteiger partial charge on any atom is 1.00 e. The normalized spacial score (nSPS) is 23.0. The number of thioether (sulfide) groups is 1. The Balaban J connectivity index is 0.00000240. The van der Waals surface area contributed by atoms with Crippen molar-refractivity contribution in [3.05, 3.63) is 47.0 Å². The van der Waals surface area contributed by atoms with Gasteiger partial charge in [0.2, 0.25) is 5.91 Å². The van der Waals surface area contributed by atoms with Gasteiger partial charge in [0.1, 0.15) is 11.4 Å². The van der Waals surface area contributed by atoms with Gasteiger partial charge in [-0.15, -0.1) is 23.1 Å². The first kappa shape index (κ1) is 21.8. The molecule has 2 aromatic rings. The first-order valence-electron chi connectivity index (χ1n) is 8.39. The zero-order valence-corrected chi connectivity index (χ0v) is 19.0. The number of thiazole rings is 1.